The van der Waals surface area contributed by atoms with Crippen molar-refractivity contribution in [1.82, 2.24) is 15.5 Å². The molecule has 0 aromatic carbocycles. The van der Waals surface area contributed by atoms with Gasteiger partial charge in [0.2, 0.25) is 0 Å². The normalized spacial score (nSPS) is 20.1. The second-order valence-corrected chi connectivity index (χ2v) is 7.73. The molecule has 1 aliphatic rings. The summed E-state index contributed by atoms with van der Waals surface area (Å²) in [6.07, 6.45) is 5.27. The van der Waals surface area contributed by atoms with Crippen molar-refractivity contribution in [3.63, 3.8) is 0 Å². The van der Waals surface area contributed by atoms with Crippen molar-refractivity contribution in [2.75, 3.05) is 26.7 Å². The van der Waals surface area contributed by atoms with E-state index in [0.717, 1.165) is 36.0 Å². The van der Waals surface area contributed by atoms with Gasteiger partial charge in [0.1, 0.15) is 0 Å². The molecule has 0 amide bonds. The zero-order chi connectivity index (χ0) is 15.8. The molecule has 2 N–H and O–H groups in total. The van der Waals surface area contributed by atoms with E-state index in [0.29, 0.717) is 0 Å². The molecule has 4 nitrogen and oxygen atoms in total. The second kappa shape index (κ2) is 9.53. The van der Waals surface area contributed by atoms with Crippen molar-refractivity contribution in [2.24, 2.45) is 4.99 Å². The first-order valence-corrected chi connectivity index (χ1v) is 9.78. The number of rotatable bonds is 6. The van der Waals surface area contributed by atoms with Crippen molar-refractivity contribution in [2.45, 2.75) is 45.2 Å². The SMILES string of the molecule is CN=C(NCCCN1CCCCC1C)NCc1cc(Br)cs1. The second-order valence-electron chi connectivity index (χ2n) is 5.82. The largest absolute Gasteiger partial charge is 0.356 e. The van der Waals surface area contributed by atoms with Gasteiger partial charge in [0.15, 0.2) is 5.96 Å². The van der Waals surface area contributed by atoms with Gasteiger partial charge in [-0.15, -0.1) is 11.3 Å². The number of thiophene rings is 1. The Kier molecular flexibility index (Phi) is 7.69. The highest BCUT2D eigenvalue weighted by Gasteiger charge is 2.17. The van der Waals surface area contributed by atoms with Crippen LogP contribution in [0.15, 0.2) is 20.9 Å². The van der Waals surface area contributed by atoms with Crippen molar-refractivity contribution in [3.8, 4) is 0 Å². The van der Waals surface area contributed by atoms with Gasteiger partial charge in [0.05, 0.1) is 6.54 Å². The maximum atomic E-state index is 4.28. The van der Waals surface area contributed by atoms with Gasteiger partial charge in [-0.05, 0) is 54.7 Å². The number of aliphatic imine (C=N–C) groups is 1. The predicted molar refractivity (Wildman–Crippen MR) is 99.7 cm³/mol. The summed E-state index contributed by atoms with van der Waals surface area (Å²) in [6.45, 7) is 6.59. The zero-order valence-electron chi connectivity index (χ0n) is 13.6. The standard InChI is InChI=1S/C16H27BrN4S/c1-13-6-3-4-8-21(13)9-5-7-19-16(18-2)20-11-15-10-14(17)12-22-15/h10,12-13H,3-9,11H2,1-2H3,(H2,18,19,20). The highest BCUT2D eigenvalue weighted by atomic mass is 79.9. The number of hydrogen-bond acceptors (Lipinski definition) is 3. The summed E-state index contributed by atoms with van der Waals surface area (Å²) in [5.74, 6) is 0.885. The third-order valence-corrected chi connectivity index (χ3v) is 5.83. The maximum absolute atomic E-state index is 4.28. The molecule has 0 spiro atoms. The van der Waals surface area contributed by atoms with E-state index in [2.05, 4.69) is 54.8 Å². The predicted octanol–water partition coefficient (Wildman–Crippen LogP) is 3.44. The molecular weight excluding hydrogens is 360 g/mol. The van der Waals surface area contributed by atoms with Crippen LogP contribution in [-0.4, -0.2) is 43.6 Å². The van der Waals surface area contributed by atoms with E-state index < -0.39 is 0 Å². The summed E-state index contributed by atoms with van der Waals surface area (Å²) in [7, 11) is 1.83. The van der Waals surface area contributed by atoms with E-state index in [4.69, 9.17) is 0 Å². The van der Waals surface area contributed by atoms with Gasteiger partial charge in [0.25, 0.3) is 0 Å². The van der Waals surface area contributed by atoms with Crippen molar-refractivity contribution in [3.05, 3.63) is 20.8 Å². The molecule has 1 aliphatic heterocycles. The summed E-state index contributed by atoms with van der Waals surface area (Å²) in [5, 5.41) is 8.87. The summed E-state index contributed by atoms with van der Waals surface area (Å²) < 4.78 is 1.15. The number of nitrogens with one attached hydrogen (secondary N) is 2. The van der Waals surface area contributed by atoms with Crippen LogP contribution in [0.2, 0.25) is 0 Å². The molecule has 1 aromatic heterocycles. The number of halogens is 1. The van der Waals surface area contributed by atoms with Crippen LogP contribution in [0.5, 0.6) is 0 Å². The van der Waals surface area contributed by atoms with Gasteiger partial charge < -0.3 is 15.5 Å². The van der Waals surface area contributed by atoms with E-state index in [1.165, 1.54) is 37.2 Å². The van der Waals surface area contributed by atoms with Gasteiger partial charge in [-0.2, -0.15) is 0 Å². The minimum atomic E-state index is 0.753. The van der Waals surface area contributed by atoms with Crippen molar-refractivity contribution >= 4 is 33.2 Å². The third-order valence-electron chi connectivity index (χ3n) is 4.13. The van der Waals surface area contributed by atoms with Crippen LogP contribution in [0.25, 0.3) is 0 Å². The molecule has 1 saturated heterocycles. The van der Waals surface area contributed by atoms with E-state index in [9.17, 15) is 0 Å². The fraction of sp³-hybridized carbons (Fsp3) is 0.688. The number of hydrogen-bond donors (Lipinski definition) is 2. The van der Waals surface area contributed by atoms with Crippen LogP contribution in [0.3, 0.4) is 0 Å². The first kappa shape index (κ1) is 17.8. The van der Waals surface area contributed by atoms with Crippen LogP contribution in [-0.2, 0) is 6.54 Å². The van der Waals surface area contributed by atoms with Gasteiger partial charge in [-0.1, -0.05) is 6.42 Å². The molecule has 1 aromatic rings. The Balaban J connectivity index is 1.62. The molecule has 6 heteroatoms. The summed E-state index contributed by atoms with van der Waals surface area (Å²) in [4.78, 5) is 8.20. The first-order chi connectivity index (χ1) is 10.7. The molecular formula is C16H27BrN4S. The minimum Gasteiger partial charge on any atom is -0.356 e. The molecule has 0 aliphatic carbocycles. The van der Waals surface area contributed by atoms with Crippen molar-refractivity contribution in [1.29, 1.82) is 0 Å². The van der Waals surface area contributed by atoms with Gasteiger partial charge in [0, 0.05) is 40.9 Å². The minimum absolute atomic E-state index is 0.753. The van der Waals surface area contributed by atoms with E-state index >= 15 is 0 Å². The molecule has 1 fully saturated rings. The Morgan fingerprint density at radius 3 is 3.00 bits per heavy atom. The molecule has 2 rings (SSSR count). The average molecular weight is 387 g/mol. The Morgan fingerprint density at radius 2 is 2.32 bits per heavy atom. The summed E-state index contributed by atoms with van der Waals surface area (Å²) >= 11 is 5.23. The lowest BCUT2D eigenvalue weighted by Gasteiger charge is -2.33. The van der Waals surface area contributed by atoms with Crippen molar-refractivity contribution < 1.29 is 0 Å². The number of likely N-dealkylation sites (tertiary alicyclic amines) is 1. The first-order valence-electron chi connectivity index (χ1n) is 8.10. The molecule has 1 atom stereocenters. The van der Waals surface area contributed by atoms with Crippen LogP contribution >= 0.6 is 27.3 Å². The van der Waals surface area contributed by atoms with E-state index in [1.807, 2.05) is 7.05 Å². The van der Waals surface area contributed by atoms with E-state index in [1.54, 1.807) is 11.3 Å². The zero-order valence-corrected chi connectivity index (χ0v) is 16.0. The Labute approximate surface area is 146 Å². The Hall–Kier alpha value is -0.590. The fourth-order valence-corrected chi connectivity index (χ4v) is 4.21. The number of piperidine rings is 1. The van der Waals surface area contributed by atoms with Gasteiger partial charge in [-0.3, -0.25) is 4.99 Å². The lowest BCUT2D eigenvalue weighted by molar-refractivity contribution is 0.159. The molecule has 0 radical (unpaired) electrons. The maximum Gasteiger partial charge on any atom is 0.191 e. The topological polar surface area (TPSA) is 39.7 Å². The molecule has 22 heavy (non-hydrogen) atoms. The van der Waals surface area contributed by atoms with Crippen LogP contribution in [0, 0.1) is 0 Å². The van der Waals surface area contributed by atoms with Crippen LogP contribution in [0.4, 0.5) is 0 Å². The Bertz CT molecular complexity index is 474. The molecule has 0 bridgehead atoms. The molecule has 0 saturated carbocycles. The fourth-order valence-electron chi connectivity index (χ4n) is 2.82. The smallest absolute Gasteiger partial charge is 0.191 e. The van der Waals surface area contributed by atoms with E-state index in [-0.39, 0.29) is 0 Å². The molecule has 2 heterocycles. The number of guanidine groups is 1. The lowest BCUT2D eigenvalue weighted by atomic mass is 10.0. The molecule has 1 unspecified atom stereocenters. The highest BCUT2D eigenvalue weighted by Crippen LogP contribution is 2.19. The Morgan fingerprint density at radius 1 is 1.45 bits per heavy atom. The van der Waals surface area contributed by atoms with Gasteiger partial charge in [-0.25, -0.2) is 0 Å². The third kappa shape index (κ3) is 5.89. The van der Waals surface area contributed by atoms with Crippen LogP contribution < -0.4 is 10.6 Å². The monoisotopic (exact) mass is 386 g/mol. The van der Waals surface area contributed by atoms with Gasteiger partial charge >= 0.3 is 0 Å². The average Bonchev–Trinajstić information content (AvgIpc) is 2.94. The number of nitrogens with zero attached hydrogens (tertiary/aromatic N) is 2. The quantitative estimate of drug-likeness (QED) is 0.446. The summed E-state index contributed by atoms with van der Waals surface area (Å²) in [6, 6.07) is 2.89. The van der Waals surface area contributed by atoms with Crippen LogP contribution in [0.1, 0.15) is 37.5 Å². The highest BCUT2D eigenvalue weighted by molar-refractivity contribution is 9.10. The summed E-state index contributed by atoms with van der Waals surface area (Å²) in [5.41, 5.74) is 0. The molecule has 124 valence electrons. The lowest BCUT2D eigenvalue weighted by Crippen LogP contribution is -2.41.